The summed E-state index contributed by atoms with van der Waals surface area (Å²) in [6, 6.07) is 6.58. The monoisotopic (exact) mass is 319 g/mol. The third-order valence-electron chi connectivity index (χ3n) is 3.67. The maximum Gasteiger partial charge on any atom is 0.133 e. The zero-order valence-corrected chi connectivity index (χ0v) is 15.6. The van der Waals surface area contributed by atoms with Gasteiger partial charge in [-0.3, -0.25) is 0 Å². The Hall–Kier alpha value is -1.14. The molecule has 0 fully saturated rings. The Morgan fingerprint density at radius 1 is 1.23 bits per heavy atom. The summed E-state index contributed by atoms with van der Waals surface area (Å²) in [4.78, 5) is 0. The van der Waals surface area contributed by atoms with Crippen molar-refractivity contribution >= 4 is 11.8 Å². The SMILES string of the molecule is CC(C)COc1ccc(C(C)CCSC#N)cc1C(C)(C)C. The van der Waals surface area contributed by atoms with Crippen LogP contribution in [0.2, 0.25) is 0 Å². The van der Waals surface area contributed by atoms with Gasteiger partial charge in [0.2, 0.25) is 0 Å². The molecule has 2 nitrogen and oxygen atoms in total. The summed E-state index contributed by atoms with van der Waals surface area (Å²) in [7, 11) is 0. The van der Waals surface area contributed by atoms with Crippen molar-refractivity contribution in [3.8, 4) is 11.2 Å². The second-order valence-corrected chi connectivity index (χ2v) is 8.22. The van der Waals surface area contributed by atoms with Crippen molar-refractivity contribution in [3.05, 3.63) is 29.3 Å². The largest absolute Gasteiger partial charge is 0.493 e. The summed E-state index contributed by atoms with van der Waals surface area (Å²) in [6.07, 6.45) is 1.02. The molecular formula is C19H29NOS. The first-order chi connectivity index (χ1) is 10.3. The lowest BCUT2D eigenvalue weighted by Crippen LogP contribution is -2.16. The lowest BCUT2D eigenvalue weighted by atomic mass is 9.83. The van der Waals surface area contributed by atoms with Gasteiger partial charge in [-0.25, -0.2) is 0 Å². The molecule has 0 aliphatic heterocycles. The molecule has 0 heterocycles. The number of thiocyanates is 1. The normalized spacial score (nSPS) is 13.0. The summed E-state index contributed by atoms with van der Waals surface area (Å²) in [5.74, 6) is 2.87. The first-order valence-corrected chi connectivity index (χ1v) is 9.02. The van der Waals surface area contributed by atoms with Crippen LogP contribution in [-0.4, -0.2) is 12.4 Å². The molecule has 0 saturated carbocycles. The highest BCUT2D eigenvalue weighted by Gasteiger charge is 2.21. The van der Waals surface area contributed by atoms with Crippen LogP contribution in [0.1, 0.15) is 65.0 Å². The molecule has 0 spiro atoms. The number of nitriles is 1. The lowest BCUT2D eigenvalue weighted by Gasteiger charge is -2.25. The molecule has 1 atom stereocenters. The number of rotatable bonds is 7. The summed E-state index contributed by atoms with van der Waals surface area (Å²) in [6.45, 7) is 14.0. The Bertz CT molecular complexity index is 511. The van der Waals surface area contributed by atoms with Crippen LogP contribution in [0.25, 0.3) is 0 Å². The molecule has 122 valence electrons. The van der Waals surface area contributed by atoms with Gasteiger partial charge in [-0.05, 0) is 52.6 Å². The van der Waals surface area contributed by atoms with E-state index in [0.717, 1.165) is 24.5 Å². The van der Waals surface area contributed by atoms with Gasteiger partial charge in [-0.1, -0.05) is 53.7 Å². The van der Waals surface area contributed by atoms with E-state index in [1.807, 2.05) is 0 Å². The van der Waals surface area contributed by atoms with E-state index in [-0.39, 0.29) is 5.41 Å². The van der Waals surface area contributed by atoms with E-state index >= 15 is 0 Å². The molecule has 0 aliphatic carbocycles. The first kappa shape index (κ1) is 18.9. The fraction of sp³-hybridized carbons (Fsp3) is 0.632. The molecule has 0 N–H and O–H groups in total. The van der Waals surface area contributed by atoms with E-state index in [4.69, 9.17) is 10.00 Å². The fourth-order valence-corrected chi connectivity index (χ4v) is 2.83. The van der Waals surface area contributed by atoms with Crippen molar-refractivity contribution in [1.82, 2.24) is 0 Å². The Morgan fingerprint density at radius 2 is 1.91 bits per heavy atom. The molecule has 0 aliphatic rings. The van der Waals surface area contributed by atoms with Crippen LogP contribution in [-0.2, 0) is 5.41 Å². The average molecular weight is 320 g/mol. The smallest absolute Gasteiger partial charge is 0.133 e. The summed E-state index contributed by atoms with van der Waals surface area (Å²) < 4.78 is 6.01. The molecule has 1 rings (SSSR count). The minimum Gasteiger partial charge on any atom is -0.493 e. The van der Waals surface area contributed by atoms with Gasteiger partial charge in [0.05, 0.1) is 6.61 Å². The van der Waals surface area contributed by atoms with E-state index in [1.54, 1.807) is 0 Å². The fourth-order valence-electron chi connectivity index (χ4n) is 2.27. The molecule has 1 aromatic rings. The van der Waals surface area contributed by atoms with Gasteiger partial charge >= 0.3 is 0 Å². The summed E-state index contributed by atoms with van der Waals surface area (Å²) >= 11 is 1.34. The molecule has 0 bridgehead atoms. The average Bonchev–Trinajstić information content (AvgIpc) is 2.44. The molecule has 0 radical (unpaired) electrons. The number of hydrogen-bond acceptors (Lipinski definition) is 3. The van der Waals surface area contributed by atoms with Crippen LogP contribution in [0.4, 0.5) is 0 Å². The Balaban J connectivity index is 2.97. The van der Waals surface area contributed by atoms with E-state index in [9.17, 15) is 0 Å². The van der Waals surface area contributed by atoms with Gasteiger partial charge < -0.3 is 4.74 Å². The molecule has 0 amide bonds. The Labute approximate surface area is 140 Å². The predicted octanol–water partition coefficient (Wildman–Crippen LogP) is 5.73. The van der Waals surface area contributed by atoms with Crippen LogP contribution in [0.15, 0.2) is 18.2 Å². The van der Waals surface area contributed by atoms with Gasteiger partial charge in [-0.15, -0.1) is 0 Å². The van der Waals surface area contributed by atoms with Crippen molar-refractivity contribution in [2.24, 2.45) is 5.92 Å². The Kier molecular flexibility index (Phi) is 7.29. The summed E-state index contributed by atoms with van der Waals surface area (Å²) in [5, 5.41) is 10.8. The van der Waals surface area contributed by atoms with Crippen molar-refractivity contribution in [3.63, 3.8) is 0 Å². The topological polar surface area (TPSA) is 33.0 Å². The second-order valence-electron chi connectivity index (χ2n) is 7.34. The first-order valence-electron chi connectivity index (χ1n) is 8.03. The van der Waals surface area contributed by atoms with Crippen LogP contribution in [0, 0.1) is 16.6 Å². The van der Waals surface area contributed by atoms with Crippen molar-refractivity contribution in [1.29, 1.82) is 5.26 Å². The third-order valence-corrected chi connectivity index (χ3v) is 4.24. The van der Waals surface area contributed by atoms with Crippen LogP contribution >= 0.6 is 11.8 Å². The standard InChI is InChI=1S/C19H29NOS/c1-14(2)12-21-18-8-7-16(11-17(18)19(4,5)6)15(3)9-10-22-13-20/h7-8,11,14-15H,9-10,12H2,1-6H3. The minimum absolute atomic E-state index is 0.0590. The van der Waals surface area contributed by atoms with Crippen LogP contribution in [0.5, 0.6) is 5.75 Å². The predicted molar refractivity (Wildman–Crippen MR) is 96.6 cm³/mol. The number of hydrogen-bond donors (Lipinski definition) is 0. The lowest BCUT2D eigenvalue weighted by molar-refractivity contribution is 0.265. The zero-order valence-electron chi connectivity index (χ0n) is 14.8. The highest BCUT2D eigenvalue weighted by atomic mass is 32.2. The second kappa shape index (κ2) is 8.48. The number of nitrogens with zero attached hydrogens (tertiary/aromatic N) is 1. The number of thioether (sulfide) groups is 1. The van der Waals surface area contributed by atoms with Crippen molar-refractivity contribution in [2.75, 3.05) is 12.4 Å². The van der Waals surface area contributed by atoms with Crippen molar-refractivity contribution in [2.45, 2.75) is 59.3 Å². The van der Waals surface area contributed by atoms with E-state index in [1.165, 1.54) is 22.9 Å². The quantitative estimate of drug-likeness (QED) is 0.475. The van der Waals surface area contributed by atoms with E-state index in [2.05, 4.69) is 65.1 Å². The molecule has 1 unspecified atom stereocenters. The molecular weight excluding hydrogens is 290 g/mol. The molecule has 3 heteroatoms. The van der Waals surface area contributed by atoms with Crippen molar-refractivity contribution < 1.29 is 4.74 Å². The highest BCUT2D eigenvalue weighted by Crippen LogP contribution is 2.35. The Morgan fingerprint density at radius 3 is 2.45 bits per heavy atom. The summed E-state index contributed by atoms with van der Waals surface area (Å²) in [5.41, 5.74) is 2.66. The van der Waals surface area contributed by atoms with Gasteiger partial charge in [-0.2, -0.15) is 5.26 Å². The van der Waals surface area contributed by atoms with Gasteiger partial charge in [0.15, 0.2) is 0 Å². The van der Waals surface area contributed by atoms with Crippen LogP contribution in [0.3, 0.4) is 0 Å². The van der Waals surface area contributed by atoms with Gasteiger partial charge in [0.25, 0.3) is 0 Å². The van der Waals surface area contributed by atoms with E-state index in [0.29, 0.717) is 11.8 Å². The highest BCUT2D eigenvalue weighted by molar-refractivity contribution is 8.03. The van der Waals surface area contributed by atoms with Crippen LogP contribution < -0.4 is 4.74 Å². The third kappa shape index (κ3) is 5.93. The number of benzene rings is 1. The number of ether oxygens (including phenoxy) is 1. The van der Waals surface area contributed by atoms with E-state index < -0.39 is 0 Å². The molecule has 22 heavy (non-hydrogen) atoms. The minimum atomic E-state index is 0.0590. The molecule has 1 aromatic carbocycles. The van der Waals surface area contributed by atoms with Gasteiger partial charge in [0.1, 0.15) is 11.2 Å². The molecule has 0 aromatic heterocycles. The maximum atomic E-state index is 8.64. The maximum absolute atomic E-state index is 8.64. The zero-order chi connectivity index (χ0) is 16.8. The molecule has 0 saturated heterocycles. The van der Waals surface area contributed by atoms with Gasteiger partial charge in [0, 0.05) is 5.75 Å².